The van der Waals surface area contributed by atoms with Crippen LogP contribution in [0.25, 0.3) is 0 Å². The van der Waals surface area contributed by atoms with Gasteiger partial charge in [0.15, 0.2) is 0 Å². The van der Waals surface area contributed by atoms with Gasteiger partial charge in [0, 0.05) is 23.3 Å². The van der Waals surface area contributed by atoms with Crippen LogP contribution in [0.15, 0.2) is 33.9 Å². The molecule has 5 nitrogen and oxygen atoms in total. The van der Waals surface area contributed by atoms with Crippen LogP contribution in [-0.2, 0) is 27.7 Å². The van der Waals surface area contributed by atoms with Crippen LogP contribution in [0.1, 0.15) is 9.75 Å². The van der Waals surface area contributed by atoms with Crippen molar-refractivity contribution < 1.29 is 18.3 Å². The van der Waals surface area contributed by atoms with Crippen molar-refractivity contribution >= 4 is 38.7 Å². The van der Waals surface area contributed by atoms with Gasteiger partial charge in [-0.25, -0.2) is 8.42 Å². The molecule has 2 heterocycles. The zero-order valence-corrected chi connectivity index (χ0v) is 13.8. The second kappa shape index (κ2) is 6.69. The lowest BCUT2D eigenvalue weighted by atomic mass is 10.3. The quantitative estimate of drug-likeness (QED) is 0.835. The fourth-order valence-electron chi connectivity index (χ4n) is 1.74. The number of hydrogen-bond donors (Lipinski definition) is 1. The van der Waals surface area contributed by atoms with Gasteiger partial charge >= 0.3 is 5.97 Å². The van der Waals surface area contributed by atoms with Crippen molar-refractivity contribution in [2.45, 2.75) is 17.1 Å². The number of nitrogens with zero attached hydrogens (tertiary/aromatic N) is 1. The Morgan fingerprint density at radius 1 is 1.29 bits per heavy atom. The monoisotopic (exact) mass is 345 g/mol. The molecular weight excluding hydrogens is 330 g/mol. The van der Waals surface area contributed by atoms with Crippen LogP contribution in [0.5, 0.6) is 0 Å². The van der Waals surface area contributed by atoms with Gasteiger partial charge in [0.25, 0.3) is 10.0 Å². The molecule has 1 N–H and O–H groups in total. The van der Waals surface area contributed by atoms with Crippen molar-refractivity contribution in [2.75, 3.05) is 13.6 Å². The number of sulfonamides is 1. The van der Waals surface area contributed by atoms with Crippen molar-refractivity contribution in [1.82, 2.24) is 4.31 Å². The fraction of sp³-hybridized carbons (Fsp3) is 0.308. The van der Waals surface area contributed by atoms with Gasteiger partial charge in [-0.3, -0.25) is 4.79 Å². The van der Waals surface area contributed by atoms with Crippen LogP contribution >= 0.6 is 22.7 Å². The third-order valence-corrected chi connectivity index (χ3v) is 7.23. The Balaban J connectivity index is 2.05. The molecule has 0 saturated heterocycles. The molecule has 0 aliphatic carbocycles. The maximum absolute atomic E-state index is 12.4. The van der Waals surface area contributed by atoms with Gasteiger partial charge < -0.3 is 5.11 Å². The van der Waals surface area contributed by atoms with Crippen molar-refractivity contribution in [3.63, 3.8) is 0 Å². The van der Waals surface area contributed by atoms with Crippen molar-refractivity contribution in [3.05, 3.63) is 39.4 Å². The minimum Gasteiger partial charge on any atom is -0.481 e. The van der Waals surface area contributed by atoms with Crippen molar-refractivity contribution in [3.8, 4) is 0 Å². The largest absolute Gasteiger partial charge is 0.481 e. The molecule has 21 heavy (non-hydrogen) atoms. The van der Waals surface area contributed by atoms with E-state index in [1.54, 1.807) is 24.5 Å². The molecular formula is C13H15NO4S3. The molecule has 2 aromatic heterocycles. The zero-order chi connectivity index (χ0) is 15.5. The molecule has 114 valence electrons. The van der Waals surface area contributed by atoms with E-state index in [-0.39, 0.29) is 10.6 Å². The summed E-state index contributed by atoms with van der Waals surface area (Å²) in [5.74, 6) is -0.966. The van der Waals surface area contributed by atoms with Gasteiger partial charge in [-0.1, -0.05) is 6.07 Å². The molecule has 0 radical (unpaired) electrons. The zero-order valence-electron chi connectivity index (χ0n) is 11.4. The second-order valence-corrected chi connectivity index (χ2v) is 8.92. The van der Waals surface area contributed by atoms with Gasteiger partial charge in [0.2, 0.25) is 0 Å². The third-order valence-electron chi connectivity index (χ3n) is 2.88. The summed E-state index contributed by atoms with van der Waals surface area (Å²) in [5, 5.41) is 10.7. The van der Waals surface area contributed by atoms with Crippen LogP contribution in [0.4, 0.5) is 0 Å². The normalized spacial score (nSPS) is 11.9. The lowest BCUT2D eigenvalue weighted by molar-refractivity contribution is -0.136. The first kappa shape index (κ1) is 16.2. The Morgan fingerprint density at radius 2 is 2.05 bits per heavy atom. The van der Waals surface area contributed by atoms with Crippen LogP contribution in [-0.4, -0.2) is 37.4 Å². The van der Waals surface area contributed by atoms with E-state index in [1.807, 2.05) is 17.5 Å². The summed E-state index contributed by atoms with van der Waals surface area (Å²) in [6.45, 7) is 0.398. The van der Waals surface area contributed by atoms with Crippen LogP contribution in [0.3, 0.4) is 0 Å². The topological polar surface area (TPSA) is 74.7 Å². The number of carboxylic acids is 1. The van der Waals surface area contributed by atoms with Gasteiger partial charge in [0.05, 0.1) is 6.42 Å². The third kappa shape index (κ3) is 4.13. The van der Waals surface area contributed by atoms with Gasteiger partial charge in [-0.2, -0.15) is 4.31 Å². The highest BCUT2D eigenvalue weighted by Gasteiger charge is 2.23. The average molecular weight is 345 g/mol. The number of carboxylic acid groups (broad SMARTS) is 1. The fourth-order valence-corrected chi connectivity index (χ4v) is 5.16. The van der Waals surface area contributed by atoms with Gasteiger partial charge in [0.1, 0.15) is 4.21 Å². The van der Waals surface area contributed by atoms with E-state index in [9.17, 15) is 13.2 Å². The summed E-state index contributed by atoms with van der Waals surface area (Å²) >= 11 is 2.61. The van der Waals surface area contributed by atoms with E-state index in [2.05, 4.69) is 0 Å². The van der Waals surface area contributed by atoms with Crippen molar-refractivity contribution in [2.24, 2.45) is 0 Å². The Morgan fingerprint density at radius 3 is 2.67 bits per heavy atom. The minimum atomic E-state index is -3.54. The molecule has 0 aliphatic rings. The number of aliphatic carboxylic acids is 1. The molecule has 0 amide bonds. The highest BCUT2D eigenvalue weighted by molar-refractivity contribution is 7.91. The molecule has 2 rings (SSSR count). The number of rotatable bonds is 7. The van der Waals surface area contributed by atoms with Crippen LogP contribution in [0.2, 0.25) is 0 Å². The van der Waals surface area contributed by atoms with Crippen LogP contribution in [0, 0.1) is 0 Å². The average Bonchev–Trinajstić information content (AvgIpc) is 3.06. The molecule has 0 aliphatic heterocycles. The van der Waals surface area contributed by atoms with Gasteiger partial charge in [-0.15, -0.1) is 22.7 Å². The number of carbonyl (C=O) groups is 1. The minimum absolute atomic E-state index is 0.154. The molecule has 8 heteroatoms. The van der Waals surface area contributed by atoms with Gasteiger partial charge in [-0.05, 0) is 30.0 Å². The Hall–Kier alpha value is -1.22. The van der Waals surface area contributed by atoms with E-state index in [0.717, 1.165) is 16.2 Å². The predicted molar refractivity (Wildman–Crippen MR) is 83.5 cm³/mol. The first-order chi connectivity index (χ1) is 9.89. The lowest BCUT2D eigenvalue weighted by Gasteiger charge is -2.15. The Labute approximate surface area is 131 Å². The smallest absolute Gasteiger partial charge is 0.308 e. The van der Waals surface area contributed by atoms with Crippen LogP contribution < -0.4 is 0 Å². The standard InChI is InChI=1S/C13H15NO4S3/c1-14(7-6-10-3-2-8-19-10)21(17,18)13-5-4-11(20-13)9-12(15)16/h2-5,8H,6-7,9H2,1H3,(H,15,16). The lowest BCUT2D eigenvalue weighted by Crippen LogP contribution is -2.28. The first-order valence-electron chi connectivity index (χ1n) is 6.19. The molecule has 0 fully saturated rings. The first-order valence-corrected chi connectivity index (χ1v) is 9.32. The van der Waals surface area contributed by atoms with E-state index in [4.69, 9.17) is 5.11 Å². The summed E-state index contributed by atoms with van der Waals surface area (Å²) in [6.07, 6.45) is 0.514. The van der Waals surface area contributed by atoms with E-state index < -0.39 is 16.0 Å². The Kier molecular flexibility index (Phi) is 5.15. The molecule has 0 bridgehead atoms. The van der Waals surface area contributed by atoms with Crippen molar-refractivity contribution in [1.29, 1.82) is 0 Å². The Bertz CT molecular complexity index is 704. The molecule has 0 saturated carbocycles. The second-order valence-electron chi connectivity index (χ2n) is 4.45. The predicted octanol–water partition coefficient (Wildman–Crippen LogP) is 2.30. The molecule has 0 unspecified atom stereocenters. The van der Waals surface area contributed by atoms with E-state index in [1.165, 1.54) is 10.4 Å². The number of hydrogen-bond acceptors (Lipinski definition) is 5. The molecule has 0 aromatic carbocycles. The highest BCUT2D eigenvalue weighted by atomic mass is 32.2. The summed E-state index contributed by atoms with van der Waals surface area (Å²) in [6, 6.07) is 6.94. The van der Waals surface area contributed by atoms with E-state index in [0.29, 0.717) is 17.8 Å². The molecule has 0 atom stereocenters. The molecule has 2 aromatic rings. The SMILES string of the molecule is CN(CCc1cccs1)S(=O)(=O)c1ccc(CC(=O)O)s1. The number of thiophene rings is 2. The molecule has 0 spiro atoms. The summed E-state index contributed by atoms with van der Waals surface area (Å²) in [5.41, 5.74) is 0. The summed E-state index contributed by atoms with van der Waals surface area (Å²) < 4.78 is 26.3. The van der Waals surface area contributed by atoms with E-state index >= 15 is 0 Å². The summed E-state index contributed by atoms with van der Waals surface area (Å²) in [7, 11) is -2.00. The maximum Gasteiger partial charge on any atom is 0.308 e. The maximum atomic E-state index is 12.4. The number of likely N-dealkylation sites (N-methyl/N-ethyl adjacent to an activating group) is 1. The summed E-state index contributed by atoms with van der Waals surface area (Å²) in [4.78, 5) is 12.3. The highest BCUT2D eigenvalue weighted by Crippen LogP contribution is 2.25.